The first-order chi connectivity index (χ1) is 6.63. The Morgan fingerprint density at radius 1 is 1.43 bits per heavy atom. The van der Waals surface area contributed by atoms with Crippen LogP contribution in [0, 0.1) is 5.92 Å². The van der Waals surface area contributed by atoms with Crippen LogP contribution < -0.4 is 16.0 Å². The van der Waals surface area contributed by atoms with E-state index in [0.717, 1.165) is 25.9 Å². The van der Waals surface area contributed by atoms with Crippen LogP contribution >= 0.6 is 0 Å². The van der Waals surface area contributed by atoms with Gasteiger partial charge in [0.1, 0.15) is 5.54 Å². The second-order valence-corrected chi connectivity index (χ2v) is 4.15. The summed E-state index contributed by atoms with van der Waals surface area (Å²) >= 11 is 0. The minimum Gasteiger partial charge on any atom is -0.323 e. The number of rotatable bonds is 1. The standard InChI is InChI=1S/C9H15N3O2/c1-9(6-3-2-4-10-5-6)7(13)11-8(14)12-9/h6,10H,2-5H2,1H3,(H2,11,12,13,14)/t6-,9+/m1/s1. The highest BCUT2D eigenvalue weighted by Crippen LogP contribution is 2.26. The smallest absolute Gasteiger partial charge is 0.322 e. The molecule has 5 nitrogen and oxygen atoms in total. The highest BCUT2D eigenvalue weighted by atomic mass is 16.2. The number of carbonyl (C=O) groups excluding carboxylic acids is 2. The van der Waals surface area contributed by atoms with Gasteiger partial charge >= 0.3 is 6.03 Å². The number of piperidine rings is 1. The Bertz CT molecular complexity index is 273. The maximum absolute atomic E-state index is 11.6. The van der Waals surface area contributed by atoms with Gasteiger partial charge in [-0.1, -0.05) is 0 Å². The quantitative estimate of drug-likeness (QED) is 0.500. The van der Waals surface area contributed by atoms with Gasteiger partial charge in [-0.25, -0.2) is 4.79 Å². The number of imide groups is 1. The van der Waals surface area contributed by atoms with Crippen LogP contribution in [0.4, 0.5) is 4.79 Å². The monoisotopic (exact) mass is 197 g/mol. The third kappa shape index (κ3) is 1.37. The second kappa shape index (κ2) is 3.24. The Morgan fingerprint density at radius 3 is 2.71 bits per heavy atom. The molecule has 2 heterocycles. The molecule has 0 aromatic heterocycles. The van der Waals surface area contributed by atoms with E-state index in [1.807, 2.05) is 0 Å². The molecule has 2 aliphatic rings. The average molecular weight is 197 g/mol. The first-order valence-electron chi connectivity index (χ1n) is 4.97. The number of amides is 3. The van der Waals surface area contributed by atoms with Gasteiger partial charge in [-0.3, -0.25) is 10.1 Å². The first kappa shape index (κ1) is 9.45. The summed E-state index contributed by atoms with van der Waals surface area (Å²) in [6.45, 7) is 3.59. The predicted molar refractivity (Wildman–Crippen MR) is 50.7 cm³/mol. The molecule has 0 radical (unpaired) electrons. The summed E-state index contributed by atoms with van der Waals surface area (Å²) in [7, 11) is 0. The van der Waals surface area contributed by atoms with E-state index in [4.69, 9.17) is 0 Å². The highest BCUT2D eigenvalue weighted by molar-refractivity contribution is 6.06. The third-order valence-corrected chi connectivity index (χ3v) is 3.19. The van der Waals surface area contributed by atoms with Crippen LogP contribution in [0.15, 0.2) is 0 Å². The van der Waals surface area contributed by atoms with Crippen molar-refractivity contribution in [3.63, 3.8) is 0 Å². The summed E-state index contributed by atoms with van der Waals surface area (Å²) in [5, 5.41) is 8.24. The molecule has 14 heavy (non-hydrogen) atoms. The van der Waals surface area contributed by atoms with Crippen molar-refractivity contribution < 1.29 is 9.59 Å². The van der Waals surface area contributed by atoms with Crippen molar-refractivity contribution in [3.8, 4) is 0 Å². The number of hydrogen-bond acceptors (Lipinski definition) is 3. The van der Waals surface area contributed by atoms with E-state index in [2.05, 4.69) is 16.0 Å². The molecule has 0 spiro atoms. The van der Waals surface area contributed by atoms with Crippen molar-refractivity contribution >= 4 is 11.9 Å². The van der Waals surface area contributed by atoms with Crippen molar-refractivity contribution in [2.24, 2.45) is 5.92 Å². The number of carbonyl (C=O) groups is 2. The summed E-state index contributed by atoms with van der Waals surface area (Å²) in [6.07, 6.45) is 2.04. The minimum absolute atomic E-state index is 0.197. The van der Waals surface area contributed by atoms with E-state index in [0.29, 0.717) is 0 Å². The maximum Gasteiger partial charge on any atom is 0.322 e. The Morgan fingerprint density at radius 2 is 2.21 bits per heavy atom. The molecular formula is C9H15N3O2. The molecule has 2 rings (SSSR count). The van der Waals surface area contributed by atoms with E-state index in [1.165, 1.54) is 0 Å². The van der Waals surface area contributed by atoms with Gasteiger partial charge < -0.3 is 10.6 Å². The lowest BCUT2D eigenvalue weighted by Crippen LogP contribution is -2.55. The fourth-order valence-electron chi connectivity index (χ4n) is 2.19. The van der Waals surface area contributed by atoms with Crippen LogP contribution in [-0.2, 0) is 4.79 Å². The van der Waals surface area contributed by atoms with Crippen LogP contribution in [0.3, 0.4) is 0 Å². The molecule has 0 unspecified atom stereocenters. The Hall–Kier alpha value is -1.10. The molecule has 2 aliphatic heterocycles. The zero-order valence-corrected chi connectivity index (χ0v) is 8.22. The molecule has 3 N–H and O–H groups in total. The van der Waals surface area contributed by atoms with Gasteiger partial charge in [0.2, 0.25) is 0 Å². The SMILES string of the molecule is C[C@@]1([C@@H]2CCCNC2)NC(=O)NC1=O. The molecule has 2 fully saturated rings. The van der Waals surface area contributed by atoms with E-state index in [-0.39, 0.29) is 17.9 Å². The summed E-state index contributed by atoms with van der Waals surface area (Å²) in [6, 6.07) is -0.372. The zero-order valence-electron chi connectivity index (χ0n) is 8.22. The molecule has 0 saturated carbocycles. The molecule has 2 atom stereocenters. The second-order valence-electron chi connectivity index (χ2n) is 4.15. The van der Waals surface area contributed by atoms with Gasteiger partial charge in [-0.05, 0) is 26.3 Å². The fraction of sp³-hybridized carbons (Fsp3) is 0.778. The Kier molecular flexibility index (Phi) is 2.19. The largest absolute Gasteiger partial charge is 0.323 e. The lowest BCUT2D eigenvalue weighted by atomic mass is 9.81. The van der Waals surface area contributed by atoms with Crippen LogP contribution in [-0.4, -0.2) is 30.6 Å². The number of hydrogen-bond donors (Lipinski definition) is 3. The van der Waals surface area contributed by atoms with Crippen LogP contribution in [0.2, 0.25) is 0 Å². The van der Waals surface area contributed by atoms with Gasteiger partial charge in [0.05, 0.1) is 0 Å². The number of nitrogens with one attached hydrogen (secondary N) is 3. The Balaban J connectivity index is 2.14. The molecule has 0 aliphatic carbocycles. The van der Waals surface area contributed by atoms with Crippen LogP contribution in [0.5, 0.6) is 0 Å². The van der Waals surface area contributed by atoms with E-state index in [9.17, 15) is 9.59 Å². The van der Waals surface area contributed by atoms with E-state index < -0.39 is 5.54 Å². The van der Waals surface area contributed by atoms with Crippen LogP contribution in [0.25, 0.3) is 0 Å². The molecule has 0 aromatic rings. The fourth-order valence-corrected chi connectivity index (χ4v) is 2.19. The van der Waals surface area contributed by atoms with E-state index >= 15 is 0 Å². The molecule has 2 saturated heterocycles. The lowest BCUT2D eigenvalue weighted by molar-refractivity contribution is -0.125. The van der Waals surface area contributed by atoms with Gasteiger partial charge in [-0.2, -0.15) is 0 Å². The lowest BCUT2D eigenvalue weighted by Gasteiger charge is -2.34. The minimum atomic E-state index is -0.718. The predicted octanol–water partition coefficient (Wildman–Crippen LogP) is -0.416. The van der Waals surface area contributed by atoms with Gasteiger partial charge in [0.15, 0.2) is 0 Å². The Labute approximate surface area is 82.6 Å². The third-order valence-electron chi connectivity index (χ3n) is 3.19. The van der Waals surface area contributed by atoms with Crippen LogP contribution in [0.1, 0.15) is 19.8 Å². The summed E-state index contributed by atoms with van der Waals surface area (Å²) in [5.41, 5.74) is -0.718. The highest BCUT2D eigenvalue weighted by Gasteiger charge is 2.47. The molecular weight excluding hydrogens is 182 g/mol. The summed E-state index contributed by atoms with van der Waals surface area (Å²) < 4.78 is 0. The van der Waals surface area contributed by atoms with Gasteiger partial charge in [-0.15, -0.1) is 0 Å². The van der Waals surface area contributed by atoms with Crippen molar-refractivity contribution in [3.05, 3.63) is 0 Å². The zero-order chi connectivity index (χ0) is 10.2. The summed E-state index contributed by atoms with van der Waals surface area (Å²) in [4.78, 5) is 22.6. The molecule has 0 bridgehead atoms. The number of urea groups is 1. The van der Waals surface area contributed by atoms with Gasteiger partial charge in [0.25, 0.3) is 5.91 Å². The van der Waals surface area contributed by atoms with Crippen molar-refractivity contribution in [2.45, 2.75) is 25.3 Å². The van der Waals surface area contributed by atoms with Gasteiger partial charge in [0, 0.05) is 12.5 Å². The van der Waals surface area contributed by atoms with Crippen molar-refractivity contribution in [2.75, 3.05) is 13.1 Å². The molecule has 3 amide bonds. The summed E-state index contributed by atoms with van der Waals surface area (Å²) in [5.74, 6) is -0.00102. The van der Waals surface area contributed by atoms with E-state index in [1.54, 1.807) is 6.92 Å². The van der Waals surface area contributed by atoms with Crippen molar-refractivity contribution in [1.82, 2.24) is 16.0 Å². The molecule has 0 aromatic carbocycles. The molecule has 5 heteroatoms. The molecule has 78 valence electrons. The first-order valence-corrected chi connectivity index (χ1v) is 4.97. The average Bonchev–Trinajstić information content (AvgIpc) is 2.43. The maximum atomic E-state index is 11.6. The topological polar surface area (TPSA) is 70.2 Å². The van der Waals surface area contributed by atoms with Crippen molar-refractivity contribution in [1.29, 1.82) is 0 Å². The normalized spacial score (nSPS) is 37.9.